The lowest BCUT2D eigenvalue weighted by molar-refractivity contribution is 0.262. The molecule has 3 N–H and O–H groups in total. The van der Waals surface area contributed by atoms with Crippen LogP contribution in [0.1, 0.15) is 0 Å². The minimum Gasteiger partial charge on any atom is -0.497 e. The van der Waals surface area contributed by atoms with Crippen LogP contribution in [0.4, 0.5) is 21.9 Å². The second kappa shape index (κ2) is 8.45. The molecule has 3 aromatic rings. The number of urea groups is 1. The fraction of sp³-hybridized carbons (Fsp3) is 0.0500. The molecule has 0 bridgehead atoms. The van der Waals surface area contributed by atoms with Crippen LogP contribution in [0.5, 0.6) is 5.75 Å². The summed E-state index contributed by atoms with van der Waals surface area (Å²) in [6.07, 6.45) is 0. The van der Waals surface area contributed by atoms with E-state index >= 15 is 0 Å². The molecule has 7 nitrogen and oxygen atoms in total. The van der Waals surface area contributed by atoms with Gasteiger partial charge in [-0.1, -0.05) is 24.3 Å². The SMILES string of the molecule is COc1cccc(NS(=O)(=O)c2ccc(NC(=O)Nc3ccccc3)cc2)c1. The first kappa shape index (κ1) is 19.2. The van der Waals surface area contributed by atoms with Crippen molar-refractivity contribution in [1.29, 1.82) is 0 Å². The zero-order valence-electron chi connectivity index (χ0n) is 15.0. The molecule has 3 aromatic carbocycles. The predicted octanol–water partition coefficient (Wildman–Crippen LogP) is 4.14. The number of hydrogen-bond donors (Lipinski definition) is 3. The molecule has 0 saturated heterocycles. The molecule has 0 radical (unpaired) electrons. The lowest BCUT2D eigenvalue weighted by atomic mass is 10.3. The molecule has 0 aromatic heterocycles. The number of hydrogen-bond acceptors (Lipinski definition) is 4. The molecule has 8 heteroatoms. The van der Waals surface area contributed by atoms with Gasteiger partial charge in [-0.15, -0.1) is 0 Å². The van der Waals surface area contributed by atoms with Crippen LogP contribution in [0, 0.1) is 0 Å². The number of carbonyl (C=O) groups excluding carboxylic acids is 1. The van der Waals surface area contributed by atoms with Gasteiger partial charge in [-0.25, -0.2) is 13.2 Å². The number of para-hydroxylation sites is 1. The van der Waals surface area contributed by atoms with Gasteiger partial charge in [0, 0.05) is 17.4 Å². The summed E-state index contributed by atoms with van der Waals surface area (Å²) in [5.41, 5.74) is 1.51. The van der Waals surface area contributed by atoms with Crippen molar-refractivity contribution in [3.63, 3.8) is 0 Å². The van der Waals surface area contributed by atoms with Gasteiger partial charge < -0.3 is 15.4 Å². The third-order valence-electron chi connectivity index (χ3n) is 3.78. The zero-order chi connectivity index (χ0) is 20.0. The summed E-state index contributed by atoms with van der Waals surface area (Å²) >= 11 is 0. The van der Waals surface area contributed by atoms with Crippen LogP contribution in [0.25, 0.3) is 0 Å². The molecule has 0 aliphatic rings. The molecule has 0 spiro atoms. The Kier molecular flexibility index (Phi) is 5.81. The second-order valence-corrected chi connectivity index (χ2v) is 7.49. The first-order chi connectivity index (χ1) is 13.5. The third kappa shape index (κ3) is 5.01. The number of carbonyl (C=O) groups is 1. The van der Waals surface area contributed by atoms with Crippen molar-refractivity contribution in [2.24, 2.45) is 0 Å². The smallest absolute Gasteiger partial charge is 0.323 e. The number of amides is 2. The van der Waals surface area contributed by atoms with E-state index in [1.807, 2.05) is 18.2 Å². The van der Waals surface area contributed by atoms with Gasteiger partial charge in [0.15, 0.2) is 0 Å². The standard InChI is InChI=1S/C20H19N3O4S/c1-27-18-9-5-8-17(14-18)23-28(25,26)19-12-10-16(11-13-19)22-20(24)21-15-6-3-2-4-7-15/h2-14,23H,1H3,(H2,21,22,24). The number of methoxy groups -OCH3 is 1. The Hall–Kier alpha value is -3.52. The highest BCUT2D eigenvalue weighted by Gasteiger charge is 2.14. The van der Waals surface area contributed by atoms with Gasteiger partial charge in [0.2, 0.25) is 0 Å². The van der Waals surface area contributed by atoms with Crippen molar-refractivity contribution in [2.45, 2.75) is 4.90 Å². The molecule has 0 aliphatic heterocycles. The summed E-state index contributed by atoms with van der Waals surface area (Å²) in [5.74, 6) is 0.546. The van der Waals surface area contributed by atoms with E-state index in [0.717, 1.165) is 0 Å². The molecule has 0 fully saturated rings. The molecular weight excluding hydrogens is 378 g/mol. The van der Waals surface area contributed by atoms with Crippen LogP contribution in [-0.4, -0.2) is 21.6 Å². The van der Waals surface area contributed by atoms with E-state index < -0.39 is 16.1 Å². The number of anilines is 3. The lowest BCUT2D eigenvalue weighted by Crippen LogP contribution is -2.19. The average Bonchev–Trinajstić information content (AvgIpc) is 2.69. The van der Waals surface area contributed by atoms with Gasteiger partial charge in [-0.05, 0) is 48.5 Å². The molecule has 0 atom stereocenters. The summed E-state index contributed by atoms with van der Waals surface area (Å²) in [4.78, 5) is 12.1. The molecule has 0 aliphatic carbocycles. The van der Waals surface area contributed by atoms with Gasteiger partial charge in [-0.3, -0.25) is 4.72 Å². The number of benzene rings is 3. The Bertz CT molecular complexity index is 1050. The minimum absolute atomic E-state index is 0.0735. The van der Waals surface area contributed by atoms with E-state index in [9.17, 15) is 13.2 Å². The van der Waals surface area contributed by atoms with Crippen molar-refractivity contribution in [2.75, 3.05) is 22.5 Å². The first-order valence-electron chi connectivity index (χ1n) is 8.36. The van der Waals surface area contributed by atoms with Crippen LogP contribution >= 0.6 is 0 Å². The van der Waals surface area contributed by atoms with Crippen molar-refractivity contribution in [3.05, 3.63) is 78.9 Å². The maximum atomic E-state index is 12.5. The maximum absolute atomic E-state index is 12.5. The lowest BCUT2D eigenvalue weighted by Gasteiger charge is -2.11. The maximum Gasteiger partial charge on any atom is 0.323 e. The molecule has 2 amide bonds. The molecule has 0 heterocycles. The Morgan fingerprint density at radius 3 is 2.04 bits per heavy atom. The molecule has 28 heavy (non-hydrogen) atoms. The molecule has 0 unspecified atom stereocenters. The fourth-order valence-corrected chi connectivity index (χ4v) is 3.48. The summed E-state index contributed by atoms with van der Waals surface area (Å²) in [5, 5.41) is 5.34. The predicted molar refractivity (Wildman–Crippen MR) is 109 cm³/mol. The molecule has 144 valence electrons. The normalized spacial score (nSPS) is 10.8. The average molecular weight is 397 g/mol. The van der Waals surface area contributed by atoms with Crippen molar-refractivity contribution < 1.29 is 17.9 Å². The number of sulfonamides is 1. The van der Waals surface area contributed by atoms with Crippen LogP contribution in [0.15, 0.2) is 83.8 Å². The highest BCUT2D eigenvalue weighted by atomic mass is 32.2. The first-order valence-corrected chi connectivity index (χ1v) is 9.84. The van der Waals surface area contributed by atoms with Crippen LogP contribution in [0.2, 0.25) is 0 Å². The Morgan fingerprint density at radius 2 is 1.39 bits per heavy atom. The van der Waals surface area contributed by atoms with Crippen molar-refractivity contribution >= 4 is 33.1 Å². The van der Waals surface area contributed by atoms with Gasteiger partial charge in [0.25, 0.3) is 10.0 Å². The van der Waals surface area contributed by atoms with E-state index in [4.69, 9.17) is 4.74 Å². The summed E-state index contributed by atoms with van der Waals surface area (Å²) < 4.78 is 32.6. The summed E-state index contributed by atoms with van der Waals surface area (Å²) in [6, 6.07) is 21.1. The second-order valence-electron chi connectivity index (χ2n) is 5.81. The molecule has 3 rings (SSSR count). The van der Waals surface area contributed by atoms with E-state index in [0.29, 0.717) is 22.8 Å². The molecule has 0 saturated carbocycles. The Morgan fingerprint density at radius 1 is 0.786 bits per heavy atom. The largest absolute Gasteiger partial charge is 0.497 e. The number of ether oxygens (including phenoxy) is 1. The highest BCUT2D eigenvalue weighted by molar-refractivity contribution is 7.92. The Labute approximate surface area is 163 Å². The number of nitrogens with one attached hydrogen (secondary N) is 3. The molecular formula is C20H19N3O4S. The van der Waals surface area contributed by atoms with E-state index in [1.54, 1.807) is 36.4 Å². The monoisotopic (exact) mass is 397 g/mol. The summed E-state index contributed by atoms with van der Waals surface area (Å²) in [7, 11) is -2.26. The van der Waals surface area contributed by atoms with Crippen molar-refractivity contribution in [3.8, 4) is 5.75 Å². The van der Waals surface area contributed by atoms with Crippen LogP contribution < -0.4 is 20.1 Å². The van der Waals surface area contributed by atoms with Gasteiger partial charge >= 0.3 is 6.03 Å². The van der Waals surface area contributed by atoms with Crippen molar-refractivity contribution in [1.82, 2.24) is 0 Å². The van der Waals surface area contributed by atoms with Gasteiger partial charge in [-0.2, -0.15) is 0 Å². The van der Waals surface area contributed by atoms with Gasteiger partial charge in [0.1, 0.15) is 5.75 Å². The van der Waals surface area contributed by atoms with E-state index in [2.05, 4.69) is 15.4 Å². The topological polar surface area (TPSA) is 96.5 Å². The van der Waals surface area contributed by atoms with E-state index in [1.165, 1.54) is 31.4 Å². The van der Waals surface area contributed by atoms with Crippen LogP contribution in [-0.2, 0) is 10.0 Å². The Balaban J connectivity index is 1.66. The van der Waals surface area contributed by atoms with Gasteiger partial charge in [0.05, 0.1) is 17.7 Å². The fourth-order valence-electron chi connectivity index (χ4n) is 2.43. The summed E-state index contributed by atoms with van der Waals surface area (Å²) in [6.45, 7) is 0. The quantitative estimate of drug-likeness (QED) is 0.582. The zero-order valence-corrected chi connectivity index (χ0v) is 15.9. The highest BCUT2D eigenvalue weighted by Crippen LogP contribution is 2.21. The minimum atomic E-state index is -3.77. The van der Waals surface area contributed by atoms with E-state index in [-0.39, 0.29) is 4.90 Å². The third-order valence-corrected chi connectivity index (χ3v) is 5.17. The van der Waals surface area contributed by atoms with Crippen LogP contribution in [0.3, 0.4) is 0 Å². The number of rotatable bonds is 6.